The number of carbonyl (C=O) groups excluding carboxylic acids is 2. The minimum atomic E-state index is -0.440. The van der Waals surface area contributed by atoms with E-state index >= 15 is 0 Å². The molecule has 6 heteroatoms. The number of ether oxygens (including phenoxy) is 2. The van der Waals surface area contributed by atoms with E-state index in [-0.39, 0.29) is 28.7 Å². The molecule has 0 unspecified atom stereocenters. The van der Waals surface area contributed by atoms with Crippen LogP contribution in [-0.4, -0.2) is 30.9 Å². The summed E-state index contributed by atoms with van der Waals surface area (Å²) in [4.78, 5) is 28.2. The molecule has 128 valence electrons. The van der Waals surface area contributed by atoms with E-state index in [4.69, 9.17) is 9.47 Å². The summed E-state index contributed by atoms with van der Waals surface area (Å²) in [7, 11) is 2.85. The molecule has 1 aromatic heterocycles. The quantitative estimate of drug-likeness (QED) is 0.848. The second kappa shape index (κ2) is 9.29. The molecule has 1 N–H and O–H groups in total. The number of carbonyl (C=O) groups is 2. The maximum absolute atomic E-state index is 12.4. The zero-order valence-corrected chi connectivity index (χ0v) is 14.5. The fourth-order valence-electron chi connectivity index (χ4n) is 1.93. The lowest BCUT2D eigenvalue weighted by Gasteiger charge is -2.12. The highest BCUT2D eigenvalue weighted by atomic mass is 16.5. The molecule has 0 saturated heterocycles. The van der Waals surface area contributed by atoms with Gasteiger partial charge in [-0.3, -0.25) is 9.59 Å². The number of hydrogen-bond donors (Lipinski definition) is 1. The Kier molecular flexibility index (Phi) is 7.42. The highest BCUT2D eigenvalue weighted by Crippen LogP contribution is 2.27. The van der Waals surface area contributed by atoms with Crippen LogP contribution in [0.3, 0.4) is 0 Å². The fraction of sp³-hybridized carbons (Fsp3) is 0.278. The second-order valence-corrected chi connectivity index (χ2v) is 4.47. The first-order chi connectivity index (χ1) is 11.6. The number of Topliss-reactive ketones (excluding diaryl/α,β-unsaturated/α-hetero) is 1. The predicted molar refractivity (Wildman–Crippen MR) is 93.1 cm³/mol. The first kappa shape index (κ1) is 19.2. The molecule has 2 aromatic rings. The van der Waals surface area contributed by atoms with E-state index in [2.05, 4.69) is 10.3 Å². The average Bonchev–Trinajstić information content (AvgIpc) is 2.62. The van der Waals surface area contributed by atoms with Gasteiger partial charge in [0, 0.05) is 18.7 Å². The summed E-state index contributed by atoms with van der Waals surface area (Å²) in [6.45, 7) is 5.34. The number of hydrogen-bond acceptors (Lipinski definition) is 5. The van der Waals surface area contributed by atoms with E-state index in [1.54, 1.807) is 24.3 Å². The highest BCUT2D eigenvalue weighted by Gasteiger charge is 2.21. The number of nitrogens with one attached hydrogen (secondary N) is 1. The molecule has 0 aliphatic heterocycles. The SMILES string of the molecule is CC.COc1cc(C(=O)Nc2ccccc2)c(C(C)=O)nc1OC. The first-order valence-corrected chi connectivity index (χ1v) is 7.57. The van der Waals surface area contributed by atoms with Gasteiger partial charge in [-0.1, -0.05) is 32.0 Å². The lowest BCUT2D eigenvalue weighted by molar-refractivity contribution is 0.0980. The van der Waals surface area contributed by atoms with Crippen LogP contribution in [0.2, 0.25) is 0 Å². The molecule has 1 heterocycles. The minimum absolute atomic E-state index is 0.0334. The molecular formula is C18H22N2O4. The third kappa shape index (κ3) is 4.55. The van der Waals surface area contributed by atoms with Crippen molar-refractivity contribution in [2.45, 2.75) is 20.8 Å². The maximum Gasteiger partial charge on any atom is 0.258 e. The van der Waals surface area contributed by atoms with E-state index in [0.717, 1.165) is 0 Å². The van der Waals surface area contributed by atoms with Crippen molar-refractivity contribution in [3.63, 3.8) is 0 Å². The Bertz CT molecular complexity index is 700. The molecule has 24 heavy (non-hydrogen) atoms. The number of pyridine rings is 1. The van der Waals surface area contributed by atoms with Gasteiger partial charge in [0.05, 0.1) is 19.8 Å². The lowest BCUT2D eigenvalue weighted by atomic mass is 10.1. The fourth-order valence-corrected chi connectivity index (χ4v) is 1.93. The van der Waals surface area contributed by atoms with Crippen molar-refractivity contribution < 1.29 is 19.1 Å². The molecule has 1 amide bonds. The Balaban J connectivity index is 0.00000139. The third-order valence-electron chi connectivity index (χ3n) is 2.98. The molecule has 0 fully saturated rings. The van der Waals surface area contributed by atoms with Crippen molar-refractivity contribution in [1.29, 1.82) is 0 Å². The standard InChI is InChI=1S/C16H16N2O4.C2H6/c1-10(19)14-12(9-13(21-2)16(18-14)22-3)15(20)17-11-7-5-4-6-8-11;1-2/h4-9H,1-3H3,(H,17,20);1-2H3. The molecule has 0 radical (unpaired) electrons. The number of anilines is 1. The van der Waals surface area contributed by atoms with Gasteiger partial charge < -0.3 is 14.8 Å². The van der Waals surface area contributed by atoms with Gasteiger partial charge in [-0.15, -0.1) is 0 Å². The van der Waals surface area contributed by atoms with Gasteiger partial charge in [-0.25, -0.2) is 4.98 Å². The number of nitrogens with zero attached hydrogens (tertiary/aromatic N) is 1. The molecule has 0 aliphatic rings. The van der Waals surface area contributed by atoms with Crippen molar-refractivity contribution in [2.24, 2.45) is 0 Å². The van der Waals surface area contributed by atoms with Crippen LogP contribution in [0.25, 0.3) is 0 Å². The molecular weight excluding hydrogens is 308 g/mol. The van der Waals surface area contributed by atoms with E-state index < -0.39 is 5.91 Å². The summed E-state index contributed by atoms with van der Waals surface area (Å²) in [6.07, 6.45) is 0. The number of benzene rings is 1. The van der Waals surface area contributed by atoms with Crippen molar-refractivity contribution in [3.8, 4) is 11.6 Å². The zero-order valence-electron chi connectivity index (χ0n) is 14.5. The van der Waals surface area contributed by atoms with Gasteiger partial charge in [-0.2, -0.15) is 0 Å². The van der Waals surface area contributed by atoms with Crippen LogP contribution in [-0.2, 0) is 0 Å². The summed E-state index contributed by atoms with van der Waals surface area (Å²) >= 11 is 0. The van der Waals surface area contributed by atoms with Crippen LogP contribution >= 0.6 is 0 Å². The minimum Gasteiger partial charge on any atom is -0.491 e. The average molecular weight is 330 g/mol. The van der Waals surface area contributed by atoms with Crippen molar-refractivity contribution >= 4 is 17.4 Å². The highest BCUT2D eigenvalue weighted by molar-refractivity contribution is 6.11. The summed E-state index contributed by atoms with van der Waals surface area (Å²) in [6, 6.07) is 10.4. The van der Waals surface area contributed by atoms with Crippen LogP contribution in [0.5, 0.6) is 11.6 Å². The zero-order chi connectivity index (χ0) is 18.1. The smallest absolute Gasteiger partial charge is 0.258 e. The van der Waals surface area contributed by atoms with Crippen molar-refractivity contribution in [1.82, 2.24) is 4.98 Å². The van der Waals surface area contributed by atoms with Gasteiger partial charge in [0.25, 0.3) is 11.8 Å². The Morgan fingerprint density at radius 2 is 1.67 bits per heavy atom. The summed E-state index contributed by atoms with van der Waals surface area (Å²) in [5.41, 5.74) is 0.789. The Hall–Kier alpha value is -2.89. The molecule has 0 atom stereocenters. The molecule has 0 bridgehead atoms. The van der Waals surface area contributed by atoms with Crippen LogP contribution in [0.4, 0.5) is 5.69 Å². The summed E-state index contributed by atoms with van der Waals surface area (Å²) in [5.74, 6) is -0.335. The molecule has 0 aliphatic carbocycles. The van der Waals surface area contributed by atoms with Gasteiger partial charge in [0.2, 0.25) is 0 Å². The molecule has 2 rings (SSSR count). The topological polar surface area (TPSA) is 77.5 Å². The van der Waals surface area contributed by atoms with Gasteiger partial charge in [0.15, 0.2) is 11.5 Å². The predicted octanol–water partition coefficient (Wildman–Crippen LogP) is 3.58. The first-order valence-electron chi connectivity index (χ1n) is 7.57. The third-order valence-corrected chi connectivity index (χ3v) is 2.98. The van der Waals surface area contributed by atoms with Crippen LogP contribution < -0.4 is 14.8 Å². The van der Waals surface area contributed by atoms with Crippen LogP contribution in [0.1, 0.15) is 41.6 Å². The number of ketones is 1. The van der Waals surface area contributed by atoms with E-state index in [1.165, 1.54) is 27.2 Å². The second-order valence-electron chi connectivity index (χ2n) is 4.47. The normalized spacial score (nSPS) is 9.38. The Morgan fingerprint density at radius 1 is 1.04 bits per heavy atom. The Labute approximate surface area is 141 Å². The van der Waals surface area contributed by atoms with Crippen molar-refractivity contribution in [3.05, 3.63) is 47.7 Å². The van der Waals surface area contributed by atoms with Gasteiger partial charge in [-0.05, 0) is 12.1 Å². The van der Waals surface area contributed by atoms with Crippen molar-refractivity contribution in [2.75, 3.05) is 19.5 Å². The number of rotatable bonds is 5. The Morgan fingerprint density at radius 3 is 2.17 bits per heavy atom. The van der Waals surface area contributed by atoms with Gasteiger partial charge >= 0.3 is 0 Å². The molecule has 0 saturated carbocycles. The molecule has 0 spiro atoms. The number of amides is 1. The number of aromatic nitrogens is 1. The molecule has 1 aromatic carbocycles. The van der Waals surface area contributed by atoms with E-state index in [1.807, 2.05) is 19.9 Å². The molecule has 6 nitrogen and oxygen atoms in total. The van der Waals surface area contributed by atoms with Gasteiger partial charge in [0.1, 0.15) is 5.69 Å². The monoisotopic (exact) mass is 330 g/mol. The number of para-hydroxylation sites is 1. The summed E-state index contributed by atoms with van der Waals surface area (Å²) in [5, 5.41) is 2.71. The van der Waals surface area contributed by atoms with E-state index in [0.29, 0.717) is 5.69 Å². The maximum atomic E-state index is 12.4. The van der Waals surface area contributed by atoms with Crippen LogP contribution in [0, 0.1) is 0 Å². The van der Waals surface area contributed by atoms with E-state index in [9.17, 15) is 9.59 Å². The number of methoxy groups -OCH3 is 2. The summed E-state index contributed by atoms with van der Waals surface area (Å²) < 4.78 is 10.2. The lowest BCUT2D eigenvalue weighted by Crippen LogP contribution is -2.17. The van der Waals surface area contributed by atoms with Crippen LogP contribution in [0.15, 0.2) is 36.4 Å². The largest absolute Gasteiger partial charge is 0.491 e.